The number of hydrogen-bond donors (Lipinski definition) is 1. The second kappa shape index (κ2) is 7.11. The van der Waals surface area contributed by atoms with Crippen LogP contribution in [0.3, 0.4) is 0 Å². The van der Waals surface area contributed by atoms with Crippen molar-refractivity contribution in [3.8, 4) is 17.0 Å². The molecule has 4 rings (SSSR count). The van der Waals surface area contributed by atoms with Crippen LogP contribution >= 0.6 is 0 Å². The van der Waals surface area contributed by atoms with Gasteiger partial charge in [0.2, 0.25) is 0 Å². The molecule has 1 N–H and O–H groups in total. The van der Waals surface area contributed by atoms with E-state index in [1.807, 2.05) is 22.8 Å². The molecule has 0 atom stereocenters. The van der Waals surface area contributed by atoms with Gasteiger partial charge in [-0.15, -0.1) is 0 Å². The SMILES string of the molecule is COc1cc2cc(-c3cccnc3)n(Cc3cccc(C(=O)O)n3)c2cc1F. The Morgan fingerprint density at radius 2 is 2.07 bits per heavy atom. The highest BCUT2D eigenvalue weighted by Crippen LogP contribution is 2.32. The lowest BCUT2D eigenvalue weighted by molar-refractivity contribution is 0.0690. The average molecular weight is 377 g/mol. The molecule has 1 aromatic carbocycles. The highest BCUT2D eigenvalue weighted by molar-refractivity contribution is 5.88. The van der Waals surface area contributed by atoms with Crippen LogP contribution in [-0.2, 0) is 6.54 Å². The lowest BCUT2D eigenvalue weighted by Gasteiger charge is -2.11. The number of carboxylic acids is 1. The zero-order valence-corrected chi connectivity index (χ0v) is 15.0. The Labute approximate surface area is 159 Å². The first kappa shape index (κ1) is 17.7. The zero-order chi connectivity index (χ0) is 19.7. The molecular weight excluding hydrogens is 361 g/mol. The minimum atomic E-state index is -1.09. The number of nitrogens with zero attached hydrogens (tertiary/aromatic N) is 3. The fourth-order valence-corrected chi connectivity index (χ4v) is 3.19. The van der Waals surface area contributed by atoms with Crippen LogP contribution in [0.15, 0.2) is 60.9 Å². The number of aromatic carboxylic acids is 1. The monoisotopic (exact) mass is 377 g/mol. The molecule has 7 heteroatoms. The predicted octanol–water partition coefficient (Wildman–Crippen LogP) is 3.99. The van der Waals surface area contributed by atoms with Gasteiger partial charge in [0.1, 0.15) is 5.69 Å². The minimum Gasteiger partial charge on any atom is -0.494 e. The maximum atomic E-state index is 14.4. The number of ether oxygens (including phenoxy) is 1. The smallest absolute Gasteiger partial charge is 0.354 e. The summed E-state index contributed by atoms with van der Waals surface area (Å²) in [6.07, 6.45) is 3.40. The first-order chi connectivity index (χ1) is 13.6. The van der Waals surface area contributed by atoms with Crippen molar-refractivity contribution in [3.05, 3.63) is 78.1 Å². The van der Waals surface area contributed by atoms with E-state index in [2.05, 4.69) is 9.97 Å². The molecule has 140 valence electrons. The Bertz CT molecular complexity index is 1170. The third-order valence-corrected chi connectivity index (χ3v) is 4.48. The topological polar surface area (TPSA) is 77.2 Å². The molecule has 28 heavy (non-hydrogen) atoms. The Morgan fingerprint density at radius 3 is 2.79 bits per heavy atom. The fraction of sp³-hybridized carbons (Fsp3) is 0.0952. The van der Waals surface area contributed by atoms with Crippen molar-refractivity contribution >= 4 is 16.9 Å². The molecule has 0 bridgehead atoms. The number of methoxy groups -OCH3 is 1. The van der Waals surface area contributed by atoms with Crippen LogP contribution in [0, 0.1) is 5.82 Å². The second-order valence-electron chi connectivity index (χ2n) is 6.22. The molecule has 0 unspecified atom stereocenters. The number of carbonyl (C=O) groups is 1. The molecule has 0 aliphatic rings. The number of halogens is 1. The van der Waals surface area contributed by atoms with E-state index in [0.29, 0.717) is 11.2 Å². The maximum absolute atomic E-state index is 14.4. The summed E-state index contributed by atoms with van der Waals surface area (Å²) in [6.45, 7) is 0.278. The molecule has 0 aliphatic carbocycles. The average Bonchev–Trinajstić information content (AvgIpc) is 3.05. The molecule has 3 aromatic heterocycles. The number of aromatic nitrogens is 3. The molecule has 0 aliphatic heterocycles. The number of fused-ring (bicyclic) bond motifs is 1. The Hall–Kier alpha value is -3.74. The van der Waals surface area contributed by atoms with Gasteiger partial charge in [0.05, 0.1) is 30.6 Å². The van der Waals surface area contributed by atoms with Crippen molar-refractivity contribution in [1.29, 1.82) is 0 Å². The van der Waals surface area contributed by atoms with E-state index in [4.69, 9.17) is 4.74 Å². The van der Waals surface area contributed by atoms with E-state index >= 15 is 0 Å². The Kier molecular flexibility index (Phi) is 4.49. The maximum Gasteiger partial charge on any atom is 0.354 e. The number of benzene rings is 1. The summed E-state index contributed by atoms with van der Waals surface area (Å²) in [4.78, 5) is 19.6. The van der Waals surface area contributed by atoms with Gasteiger partial charge in [0.25, 0.3) is 0 Å². The van der Waals surface area contributed by atoms with E-state index in [1.165, 1.54) is 19.2 Å². The van der Waals surface area contributed by atoms with Gasteiger partial charge in [0.15, 0.2) is 11.6 Å². The molecule has 0 saturated carbocycles. The van der Waals surface area contributed by atoms with Gasteiger partial charge >= 0.3 is 5.97 Å². The van der Waals surface area contributed by atoms with Crippen LogP contribution in [0.1, 0.15) is 16.2 Å². The minimum absolute atomic E-state index is 0.0373. The van der Waals surface area contributed by atoms with E-state index in [-0.39, 0.29) is 18.0 Å². The number of rotatable bonds is 5. The van der Waals surface area contributed by atoms with Crippen LogP contribution in [0.5, 0.6) is 5.75 Å². The van der Waals surface area contributed by atoms with Gasteiger partial charge in [-0.25, -0.2) is 14.2 Å². The molecule has 3 heterocycles. The summed E-state index contributed by atoms with van der Waals surface area (Å²) in [5.41, 5.74) is 2.84. The third kappa shape index (κ3) is 3.18. The van der Waals surface area contributed by atoms with Crippen LogP contribution in [-0.4, -0.2) is 32.7 Å². The van der Waals surface area contributed by atoms with Crippen molar-refractivity contribution in [2.24, 2.45) is 0 Å². The quantitative estimate of drug-likeness (QED) is 0.569. The van der Waals surface area contributed by atoms with Crippen molar-refractivity contribution < 1.29 is 19.0 Å². The molecule has 0 radical (unpaired) electrons. The van der Waals surface area contributed by atoms with Gasteiger partial charge in [-0.2, -0.15) is 0 Å². The summed E-state index contributed by atoms with van der Waals surface area (Å²) in [5.74, 6) is -1.41. The Morgan fingerprint density at radius 1 is 1.21 bits per heavy atom. The van der Waals surface area contributed by atoms with Gasteiger partial charge < -0.3 is 14.4 Å². The predicted molar refractivity (Wildman–Crippen MR) is 102 cm³/mol. The van der Waals surface area contributed by atoms with Crippen LogP contribution in [0.2, 0.25) is 0 Å². The van der Waals surface area contributed by atoms with E-state index in [9.17, 15) is 14.3 Å². The molecule has 0 fully saturated rings. The van der Waals surface area contributed by atoms with Crippen molar-refractivity contribution in [3.63, 3.8) is 0 Å². The largest absolute Gasteiger partial charge is 0.494 e. The van der Waals surface area contributed by atoms with Gasteiger partial charge in [-0.1, -0.05) is 6.07 Å². The molecule has 0 spiro atoms. The molecule has 0 saturated heterocycles. The molecular formula is C21H16FN3O3. The van der Waals surface area contributed by atoms with Crippen molar-refractivity contribution in [2.45, 2.75) is 6.54 Å². The van der Waals surface area contributed by atoms with Crippen molar-refractivity contribution in [2.75, 3.05) is 7.11 Å². The molecule has 6 nitrogen and oxygen atoms in total. The standard InChI is InChI=1S/C21H16FN3O3/c1-28-20-9-14-8-18(13-4-3-7-23-11-13)25(19(14)10-16(20)22)12-15-5-2-6-17(24-15)21(26)27/h2-11H,12H2,1H3,(H,26,27). The van der Waals surface area contributed by atoms with Gasteiger partial charge in [-0.05, 0) is 36.4 Å². The normalized spacial score (nSPS) is 10.9. The first-order valence-electron chi connectivity index (χ1n) is 8.53. The number of carboxylic acid groups (broad SMARTS) is 1. The van der Waals surface area contributed by atoms with E-state index in [1.54, 1.807) is 30.6 Å². The molecule has 4 aromatic rings. The number of pyridine rings is 2. The summed E-state index contributed by atoms with van der Waals surface area (Å²) in [6, 6.07) is 13.5. The highest BCUT2D eigenvalue weighted by Gasteiger charge is 2.16. The second-order valence-corrected chi connectivity index (χ2v) is 6.22. The highest BCUT2D eigenvalue weighted by atomic mass is 19.1. The summed E-state index contributed by atoms with van der Waals surface area (Å²) in [7, 11) is 1.42. The summed E-state index contributed by atoms with van der Waals surface area (Å²) < 4.78 is 21.4. The lowest BCUT2D eigenvalue weighted by Crippen LogP contribution is -2.07. The van der Waals surface area contributed by atoms with Gasteiger partial charge in [0, 0.05) is 29.4 Å². The van der Waals surface area contributed by atoms with Crippen LogP contribution < -0.4 is 4.74 Å². The third-order valence-electron chi connectivity index (χ3n) is 4.48. The van der Waals surface area contributed by atoms with E-state index < -0.39 is 11.8 Å². The summed E-state index contributed by atoms with van der Waals surface area (Å²) in [5, 5.41) is 9.99. The van der Waals surface area contributed by atoms with Crippen LogP contribution in [0.25, 0.3) is 22.2 Å². The molecule has 0 amide bonds. The number of hydrogen-bond acceptors (Lipinski definition) is 4. The zero-order valence-electron chi connectivity index (χ0n) is 15.0. The van der Waals surface area contributed by atoms with Crippen LogP contribution in [0.4, 0.5) is 4.39 Å². The fourth-order valence-electron chi connectivity index (χ4n) is 3.19. The first-order valence-corrected chi connectivity index (χ1v) is 8.53. The van der Waals surface area contributed by atoms with Gasteiger partial charge in [-0.3, -0.25) is 4.98 Å². The lowest BCUT2D eigenvalue weighted by atomic mass is 10.2. The van der Waals surface area contributed by atoms with E-state index in [0.717, 1.165) is 16.6 Å². The van der Waals surface area contributed by atoms with Crippen molar-refractivity contribution in [1.82, 2.24) is 14.5 Å². The Balaban J connectivity index is 1.90. The summed E-state index contributed by atoms with van der Waals surface area (Å²) >= 11 is 0.